The molecule has 190 valence electrons. The Morgan fingerprint density at radius 3 is 2.59 bits per heavy atom. The molecule has 3 aromatic rings. The van der Waals surface area contributed by atoms with E-state index in [2.05, 4.69) is 16.6 Å². The van der Waals surface area contributed by atoms with Gasteiger partial charge in [-0.3, -0.25) is 9.69 Å². The summed E-state index contributed by atoms with van der Waals surface area (Å²) >= 11 is 0. The minimum Gasteiger partial charge on any atom is -0.493 e. The van der Waals surface area contributed by atoms with E-state index in [1.165, 1.54) is 26.4 Å². The number of hydrogen-bond acceptors (Lipinski definition) is 7. The number of ether oxygens (including phenoxy) is 3. The van der Waals surface area contributed by atoms with Crippen LogP contribution in [-0.4, -0.2) is 37.0 Å². The van der Waals surface area contributed by atoms with E-state index in [0.29, 0.717) is 30.1 Å². The third kappa shape index (κ3) is 5.72. The summed E-state index contributed by atoms with van der Waals surface area (Å²) in [5.41, 5.74) is 2.55. The Morgan fingerprint density at radius 2 is 1.89 bits per heavy atom. The number of imide groups is 1. The summed E-state index contributed by atoms with van der Waals surface area (Å²) in [7, 11) is 2.77. The number of carbonyl (C=O) groups is 3. The van der Waals surface area contributed by atoms with Gasteiger partial charge in [-0.05, 0) is 47.9 Å². The van der Waals surface area contributed by atoms with Crippen LogP contribution in [0.15, 0.2) is 77.4 Å². The molecule has 9 heteroatoms. The predicted molar refractivity (Wildman–Crippen MR) is 135 cm³/mol. The van der Waals surface area contributed by atoms with Gasteiger partial charge >= 0.3 is 12.0 Å². The van der Waals surface area contributed by atoms with Crippen LogP contribution in [0.3, 0.4) is 0 Å². The Morgan fingerprint density at radius 1 is 1.11 bits per heavy atom. The average molecular weight is 503 g/mol. The summed E-state index contributed by atoms with van der Waals surface area (Å²) in [4.78, 5) is 38.1. The van der Waals surface area contributed by atoms with Crippen molar-refractivity contribution in [3.8, 4) is 11.5 Å². The van der Waals surface area contributed by atoms with Crippen molar-refractivity contribution in [3.05, 3.63) is 101 Å². The number of methoxy groups -OCH3 is 2. The van der Waals surface area contributed by atoms with Gasteiger partial charge in [0.05, 0.1) is 20.8 Å². The number of nitrogens with one attached hydrogen (secondary N) is 1. The first-order valence-electron chi connectivity index (χ1n) is 11.4. The van der Waals surface area contributed by atoms with Crippen LogP contribution in [0.5, 0.6) is 11.5 Å². The molecule has 1 saturated heterocycles. The van der Waals surface area contributed by atoms with Gasteiger partial charge in [0.15, 0.2) is 11.5 Å². The molecule has 2 aromatic carbocycles. The fourth-order valence-corrected chi connectivity index (χ4v) is 3.83. The smallest absolute Gasteiger partial charge is 0.373 e. The summed E-state index contributed by atoms with van der Waals surface area (Å²) in [5, 5.41) is 2.59. The molecule has 0 radical (unpaired) electrons. The van der Waals surface area contributed by atoms with Crippen molar-refractivity contribution in [2.45, 2.75) is 19.6 Å². The van der Waals surface area contributed by atoms with Crippen LogP contribution in [0.25, 0.3) is 6.08 Å². The fourth-order valence-electron chi connectivity index (χ4n) is 3.83. The Labute approximate surface area is 213 Å². The molecular weight excluding hydrogens is 476 g/mol. The largest absolute Gasteiger partial charge is 0.493 e. The quantitative estimate of drug-likeness (QED) is 0.189. The van der Waals surface area contributed by atoms with Crippen molar-refractivity contribution in [1.29, 1.82) is 0 Å². The monoisotopic (exact) mass is 502 g/mol. The molecule has 0 bridgehead atoms. The predicted octanol–water partition coefficient (Wildman–Crippen LogP) is 4.48. The third-order valence-corrected chi connectivity index (χ3v) is 5.60. The number of rotatable bonds is 10. The maximum absolute atomic E-state index is 13.0. The number of furan rings is 1. The van der Waals surface area contributed by atoms with Gasteiger partial charge in [0.25, 0.3) is 5.91 Å². The number of urea groups is 1. The zero-order valence-electron chi connectivity index (χ0n) is 20.5. The fraction of sp³-hybridized carbons (Fsp3) is 0.179. The Kier molecular flexibility index (Phi) is 7.73. The van der Waals surface area contributed by atoms with Gasteiger partial charge in [-0.1, -0.05) is 36.4 Å². The first kappa shape index (κ1) is 25.3. The highest BCUT2D eigenvalue weighted by Crippen LogP contribution is 2.35. The van der Waals surface area contributed by atoms with Crippen LogP contribution in [0.2, 0.25) is 0 Å². The Bertz CT molecular complexity index is 1360. The zero-order chi connectivity index (χ0) is 26.4. The first-order chi connectivity index (χ1) is 17.9. The number of benzene rings is 2. The van der Waals surface area contributed by atoms with Gasteiger partial charge < -0.3 is 23.9 Å². The molecule has 9 nitrogen and oxygen atoms in total. The molecule has 2 heterocycles. The van der Waals surface area contributed by atoms with E-state index in [4.69, 9.17) is 13.9 Å². The van der Waals surface area contributed by atoms with Crippen LogP contribution in [0.4, 0.5) is 4.79 Å². The Balaban J connectivity index is 1.56. The molecule has 3 amide bonds. The van der Waals surface area contributed by atoms with E-state index in [-0.39, 0.29) is 23.8 Å². The maximum atomic E-state index is 13.0. The number of amides is 3. The van der Waals surface area contributed by atoms with Gasteiger partial charge in [-0.25, -0.2) is 9.59 Å². The van der Waals surface area contributed by atoms with Gasteiger partial charge in [-0.2, -0.15) is 0 Å². The lowest BCUT2D eigenvalue weighted by Crippen LogP contribution is -2.30. The minimum atomic E-state index is -0.649. The number of hydrogen-bond donors (Lipinski definition) is 1. The average Bonchev–Trinajstić information content (AvgIpc) is 3.48. The van der Waals surface area contributed by atoms with Gasteiger partial charge in [-0.15, -0.1) is 6.58 Å². The lowest BCUT2D eigenvalue weighted by atomic mass is 10.0. The van der Waals surface area contributed by atoms with Crippen LogP contribution >= 0.6 is 0 Å². The van der Waals surface area contributed by atoms with E-state index in [9.17, 15) is 14.4 Å². The molecule has 0 saturated carbocycles. The highest BCUT2D eigenvalue weighted by Gasteiger charge is 2.34. The minimum absolute atomic E-state index is 0.0169. The molecule has 1 aliphatic heterocycles. The van der Waals surface area contributed by atoms with Gasteiger partial charge in [0, 0.05) is 5.56 Å². The summed E-state index contributed by atoms with van der Waals surface area (Å²) in [5.74, 6) is 0.133. The highest BCUT2D eigenvalue weighted by molar-refractivity contribution is 6.13. The first-order valence-corrected chi connectivity index (χ1v) is 11.4. The van der Waals surface area contributed by atoms with Crippen LogP contribution in [0.1, 0.15) is 33.0 Å². The molecular formula is C28H26N2O7. The second-order valence-corrected chi connectivity index (χ2v) is 8.12. The summed E-state index contributed by atoms with van der Waals surface area (Å²) in [6.07, 6.45) is 3.82. The van der Waals surface area contributed by atoms with Crippen molar-refractivity contribution < 1.29 is 33.0 Å². The van der Waals surface area contributed by atoms with Gasteiger partial charge in [0.1, 0.15) is 18.1 Å². The van der Waals surface area contributed by atoms with E-state index >= 15 is 0 Å². The topological polar surface area (TPSA) is 107 Å². The standard InChI is InChI=1S/C28H26N2O7/c1-4-8-20-13-19(15-24(34-2)25(20)36-17-18-9-6-5-7-10-18)14-22-26(31)30(28(33)29-22)16-21-11-12-23(37-21)27(32)35-3/h4-7,9-15H,1,8,16-17H2,2-3H3,(H,29,33)/b22-14-. The van der Waals surface area contributed by atoms with E-state index in [0.717, 1.165) is 16.0 Å². The number of esters is 1. The van der Waals surface area contributed by atoms with E-state index < -0.39 is 17.9 Å². The zero-order valence-corrected chi connectivity index (χ0v) is 20.5. The molecule has 0 unspecified atom stereocenters. The molecule has 1 N–H and O–H groups in total. The lowest BCUT2D eigenvalue weighted by molar-refractivity contribution is -0.123. The van der Waals surface area contributed by atoms with Crippen LogP contribution in [-0.2, 0) is 29.1 Å². The van der Waals surface area contributed by atoms with Crippen molar-refractivity contribution in [3.63, 3.8) is 0 Å². The van der Waals surface area contributed by atoms with Crippen molar-refractivity contribution in [2.24, 2.45) is 0 Å². The normalized spacial score (nSPS) is 14.0. The number of carbonyl (C=O) groups excluding carboxylic acids is 3. The maximum Gasteiger partial charge on any atom is 0.373 e. The Hall–Kier alpha value is -4.79. The second kappa shape index (κ2) is 11.3. The summed E-state index contributed by atoms with van der Waals surface area (Å²) in [6.45, 7) is 4.04. The SMILES string of the molecule is C=CCc1cc(/C=C2\NC(=O)N(Cc3ccc(C(=O)OC)o3)C2=O)cc(OC)c1OCc1ccccc1. The van der Waals surface area contributed by atoms with Crippen molar-refractivity contribution in [1.82, 2.24) is 10.2 Å². The number of nitrogens with zero attached hydrogens (tertiary/aromatic N) is 1. The number of allylic oxidation sites excluding steroid dienone is 1. The molecule has 1 fully saturated rings. The highest BCUT2D eigenvalue weighted by atomic mass is 16.5. The molecule has 0 spiro atoms. The third-order valence-electron chi connectivity index (χ3n) is 5.60. The van der Waals surface area contributed by atoms with Crippen molar-refractivity contribution >= 4 is 24.0 Å². The molecule has 0 aliphatic carbocycles. The lowest BCUT2D eigenvalue weighted by Gasteiger charge is -2.16. The van der Waals surface area contributed by atoms with Crippen LogP contribution in [0, 0.1) is 0 Å². The summed E-state index contributed by atoms with van der Waals surface area (Å²) < 4.78 is 21.7. The second-order valence-electron chi connectivity index (χ2n) is 8.12. The van der Waals surface area contributed by atoms with Crippen molar-refractivity contribution in [2.75, 3.05) is 14.2 Å². The molecule has 0 atom stereocenters. The van der Waals surface area contributed by atoms with Crippen LogP contribution < -0.4 is 14.8 Å². The van der Waals surface area contributed by atoms with E-state index in [1.54, 1.807) is 18.2 Å². The molecule has 4 rings (SSSR count). The molecule has 1 aliphatic rings. The molecule has 1 aromatic heterocycles. The molecule has 37 heavy (non-hydrogen) atoms. The van der Waals surface area contributed by atoms with E-state index in [1.807, 2.05) is 36.4 Å². The van der Waals surface area contributed by atoms with Gasteiger partial charge in [0.2, 0.25) is 5.76 Å². The summed E-state index contributed by atoms with van der Waals surface area (Å²) in [6, 6.07) is 15.7.